The van der Waals surface area contributed by atoms with Crippen LogP contribution in [0.3, 0.4) is 0 Å². The summed E-state index contributed by atoms with van der Waals surface area (Å²) in [4.78, 5) is 12.7. The van der Waals surface area contributed by atoms with Crippen molar-refractivity contribution >= 4 is 5.91 Å². The quantitative estimate of drug-likeness (QED) is 0.569. The summed E-state index contributed by atoms with van der Waals surface area (Å²) in [6, 6.07) is 15.0. The maximum Gasteiger partial charge on any atom is 0.251 e. The van der Waals surface area contributed by atoms with E-state index in [9.17, 15) is 4.79 Å². The Hall–Kier alpha value is -3.81. The normalized spacial score (nSPS) is 12.0. The minimum absolute atomic E-state index is 0.149. The molecule has 4 aromatic rings. The predicted octanol–water partition coefficient (Wildman–Crippen LogP) is 2.96. The summed E-state index contributed by atoms with van der Waals surface area (Å²) in [6.07, 6.45) is 3.32. The minimum atomic E-state index is -0.181. The van der Waals surface area contributed by atoms with E-state index in [4.69, 9.17) is 0 Å². The molecule has 29 heavy (non-hydrogen) atoms. The number of carbonyl (C=O) groups excluding carboxylic acids is 1. The van der Waals surface area contributed by atoms with Crippen molar-refractivity contribution in [3.8, 4) is 11.4 Å². The van der Waals surface area contributed by atoms with Gasteiger partial charge in [-0.2, -0.15) is 5.10 Å². The van der Waals surface area contributed by atoms with E-state index in [1.165, 1.54) is 11.0 Å². The first-order valence-corrected chi connectivity index (χ1v) is 9.29. The van der Waals surface area contributed by atoms with Crippen LogP contribution < -0.4 is 5.32 Å². The zero-order chi connectivity index (χ0) is 20.4. The van der Waals surface area contributed by atoms with E-state index in [1.54, 1.807) is 24.3 Å². The molecule has 0 aliphatic carbocycles. The Labute approximate surface area is 168 Å². The molecule has 1 amide bonds. The number of rotatable bonds is 5. The van der Waals surface area contributed by atoms with Gasteiger partial charge in [0, 0.05) is 16.8 Å². The van der Waals surface area contributed by atoms with Gasteiger partial charge in [0.15, 0.2) is 0 Å². The van der Waals surface area contributed by atoms with E-state index < -0.39 is 0 Å². The fraction of sp³-hybridized carbons (Fsp3) is 0.190. The lowest BCUT2D eigenvalue weighted by Gasteiger charge is -2.15. The highest BCUT2D eigenvalue weighted by Crippen LogP contribution is 2.22. The lowest BCUT2D eigenvalue weighted by Crippen LogP contribution is -2.27. The molecule has 0 spiro atoms. The van der Waals surface area contributed by atoms with Crippen LogP contribution in [0.1, 0.15) is 40.1 Å². The number of amides is 1. The molecule has 8 nitrogen and oxygen atoms in total. The van der Waals surface area contributed by atoms with Crippen molar-refractivity contribution in [1.29, 1.82) is 0 Å². The van der Waals surface area contributed by atoms with E-state index >= 15 is 0 Å². The van der Waals surface area contributed by atoms with Gasteiger partial charge in [-0.15, -0.1) is 5.10 Å². The van der Waals surface area contributed by atoms with Gasteiger partial charge in [-0.1, -0.05) is 18.2 Å². The third-order valence-electron chi connectivity index (χ3n) is 4.95. The lowest BCUT2D eigenvalue weighted by atomic mass is 10.1. The summed E-state index contributed by atoms with van der Waals surface area (Å²) in [6.45, 7) is 6.03. The first kappa shape index (κ1) is 18.5. The van der Waals surface area contributed by atoms with Gasteiger partial charge in [-0.25, -0.2) is 9.36 Å². The second kappa shape index (κ2) is 7.67. The molecular formula is C21H21N7O. The summed E-state index contributed by atoms with van der Waals surface area (Å²) in [7, 11) is 0. The van der Waals surface area contributed by atoms with Crippen LogP contribution in [0.4, 0.5) is 0 Å². The van der Waals surface area contributed by atoms with E-state index in [1.807, 2.05) is 42.9 Å². The molecule has 4 rings (SSSR count). The average Bonchev–Trinajstić information content (AvgIpc) is 3.39. The van der Waals surface area contributed by atoms with Crippen molar-refractivity contribution in [3.05, 3.63) is 83.4 Å². The Morgan fingerprint density at radius 2 is 1.83 bits per heavy atom. The minimum Gasteiger partial charge on any atom is -0.345 e. The number of carbonyl (C=O) groups is 1. The van der Waals surface area contributed by atoms with E-state index in [0.29, 0.717) is 5.56 Å². The van der Waals surface area contributed by atoms with Crippen LogP contribution in [0, 0.1) is 13.8 Å². The number of hydrogen-bond donors (Lipinski definition) is 1. The summed E-state index contributed by atoms with van der Waals surface area (Å²) >= 11 is 0. The van der Waals surface area contributed by atoms with Gasteiger partial charge in [0.25, 0.3) is 5.91 Å². The number of aryl methyl sites for hydroxylation is 1. The molecule has 1 N–H and O–H groups in total. The van der Waals surface area contributed by atoms with Crippen LogP contribution in [-0.4, -0.2) is 35.9 Å². The molecule has 0 saturated carbocycles. The number of para-hydroxylation sites is 1. The lowest BCUT2D eigenvalue weighted by molar-refractivity contribution is 0.0940. The Morgan fingerprint density at radius 3 is 2.52 bits per heavy atom. The predicted molar refractivity (Wildman–Crippen MR) is 108 cm³/mol. The van der Waals surface area contributed by atoms with Crippen molar-refractivity contribution in [2.45, 2.75) is 26.8 Å². The molecule has 1 atom stereocenters. The van der Waals surface area contributed by atoms with Crippen molar-refractivity contribution in [2.75, 3.05) is 0 Å². The number of aromatic nitrogens is 6. The number of nitrogens with one attached hydrogen (secondary N) is 1. The number of nitrogens with zero attached hydrogens (tertiary/aromatic N) is 6. The van der Waals surface area contributed by atoms with Gasteiger partial charge in [0.05, 0.1) is 23.6 Å². The van der Waals surface area contributed by atoms with E-state index in [0.717, 1.165) is 28.2 Å². The summed E-state index contributed by atoms with van der Waals surface area (Å²) in [5.41, 5.74) is 5.51. The Balaban J connectivity index is 1.50. The molecule has 0 aliphatic rings. The molecule has 2 heterocycles. The van der Waals surface area contributed by atoms with Crippen LogP contribution in [0.5, 0.6) is 0 Å². The Kier molecular flexibility index (Phi) is 4.90. The highest BCUT2D eigenvalue weighted by atomic mass is 16.1. The molecule has 0 fully saturated rings. The SMILES string of the molecule is Cc1ccccc1-n1ncc([C@H](C)NC(=O)c2ccc(-n3cnnn3)cc2)c1C. The molecular weight excluding hydrogens is 366 g/mol. The molecule has 2 aromatic carbocycles. The van der Waals surface area contributed by atoms with Crippen molar-refractivity contribution < 1.29 is 4.79 Å². The molecule has 0 bridgehead atoms. The molecule has 2 aromatic heterocycles. The highest BCUT2D eigenvalue weighted by molar-refractivity contribution is 5.94. The van der Waals surface area contributed by atoms with Crippen LogP contribution in [0.15, 0.2) is 61.1 Å². The van der Waals surface area contributed by atoms with Gasteiger partial charge in [-0.05, 0) is 67.1 Å². The molecule has 8 heteroatoms. The van der Waals surface area contributed by atoms with Gasteiger partial charge >= 0.3 is 0 Å². The Morgan fingerprint density at radius 1 is 1.07 bits per heavy atom. The summed E-state index contributed by atoms with van der Waals surface area (Å²) < 4.78 is 3.45. The van der Waals surface area contributed by atoms with Crippen molar-refractivity contribution in [3.63, 3.8) is 0 Å². The van der Waals surface area contributed by atoms with Gasteiger partial charge in [0.2, 0.25) is 0 Å². The monoisotopic (exact) mass is 387 g/mol. The maximum absolute atomic E-state index is 12.7. The van der Waals surface area contributed by atoms with Gasteiger partial charge < -0.3 is 5.32 Å². The first-order chi connectivity index (χ1) is 14.0. The van der Waals surface area contributed by atoms with Gasteiger partial charge in [0.1, 0.15) is 6.33 Å². The number of benzene rings is 2. The third-order valence-corrected chi connectivity index (χ3v) is 4.95. The Bertz CT molecular complexity index is 1130. The van der Waals surface area contributed by atoms with Crippen LogP contribution in [-0.2, 0) is 0 Å². The third kappa shape index (κ3) is 3.64. The highest BCUT2D eigenvalue weighted by Gasteiger charge is 2.18. The molecule has 0 saturated heterocycles. The summed E-state index contributed by atoms with van der Waals surface area (Å²) in [5, 5.41) is 18.6. The van der Waals surface area contributed by atoms with Gasteiger partial charge in [-0.3, -0.25) is 4.79 Å². The molecule has 0 aliphatic heterocycles. The summed E-state index contributed by atoms with van der Waals surface area (Å²) in [5.74, 6) is -0.149. The molecule has 0 radical (unpaired) electrons. The first-order valence-electron chi connectivity index (χ1n) is 9.29. The smallest absolute Gasteiger partial charge is 0.251 e. The molecule has 146 valence electrons. The number of hydrogen-bond acceptors (Lipinski definition) is 5. The largest absolute Gasteiger partial charge is 0.345 e. The number of tetrazole rings is 1. The van der Waals surface area contributed by atoms with Crippen LogP contribution in [0.2, 0.25) is 0 Å². The zero-order valence-corrected chi connectivity index (χ0v) is 16.4. The zero-order valence-electron chi connectivity index (χ0n) is 16.4. The fourth-order valence-electron chi connectivity index (χ4n) is 3.29. The second-order valence-electron chi connectivity index (χ2n) is 6.88. The van der Waals surface area contributed by atoms with Crippen molar-refractivity contribution in [1.82, 2.24) is 35.3 Å². The second-order valence-corrected chi connectivity index (χ2v) is 6.88. The molecule has 0 unspecified atom stereocenters. The fourth-order valence-corrected chi connectivity index (χ4v) is 3.29. The van der Waals surface area contributed by atoms with Crippen molar-refractivity contribution in [2.24, 2.45) is 0 Å². The average molecular weight is 387 g/mol. The standard InChI is InChI=1S/C21H21N7O/c1-14-6-4-5-7-20(14)28-16(3)19(12-23-28)15(2)24-21(29)17-8-10-18(11-9-17)27-13-22-25-26-27/h4-13,15H,1-3H3,(H,24,29)/t15-/m0/s1. The van der Waals surface area contributed by atoms with Crippen LogP contribution >= 0.6 is 0 Å². The van der Waals surface area contributed by atoms with E-state index in [-0.39, 0.29) is 11.9 Å². The maximum atomic E-state index is 12.7. The van der Waals surface area contributed by atoms with E-state index in [2.05, 4.69) is 38.9 Å². The topological polar surface area (TPSA) is 90.5 Å². The van der Waals surface area contributed by atoms with Crippen LogP contribution in [0.25, 0.3) is 11.4 Å².